The van der Waals surface area contributed by atoms with E-state index < -0.39 is 41.4 Å². The predicted molar refractivity (Wildman–Crippen MR) is 121 cm³/mol. The van der Waals surface area contributed by atoms with E-state index in [1.165, 1.54) is 57.1 Å². The van der Waals surface area contributed by atoms with Crippen molar-refractivity contribution in [2.24, 2.45) is 5.73 Å². The van der Waals surface area contributed by atoms with Crippen LogP contribution in [0.2, 0.25) is 0 Å². The summed E-state index contributed by atoms with van der Waals surface area (Å²) in [7, 11) is 0. The lowest BCUT2D eigenvalue weighted by Crippen LogP contribution is -2.64. The molecule has 0 aliphatic carbocycles. The monoisotopic (exact) mass is 441 g/mol. The molecule has 3 unspecified atom stereocenters. The number of hydrogen-bond acceptors (Lipinski definition) is 7. The number of carbonyl (C=O) groups excluding carboxylic acids is 3. The van der Waals surface area contributed by atoms with Gasteiger partial charge in [-0.05, 0) is 20.3 Å². The first kappa shape index (κ1) is 29.4. The Labute approximate surface area is 187 Å². The maximum atomic E-state index is 12.1. The third-order valence-corrected chi connectivity index (χ3v) is 5.57. The van der Waals surface area contributed by atoms with Crippen molar-refractivity contribution in [3.8, 4) is 0 Å². The van der Waals surface area contributed by atoms with Crippen LogP contribution in [0.4, 0.5) is 0 Å². The number of esters is 1. The van der Waals surface area contributed by atoms with Crippen LogP contribution < -0.4 is 5.73 Å². The second kappa shape index (κ2) is 16.1. The SMILES string of the molecule is CCCCCCCCCCCCC(O)/C=C/C(O)C(N)C(OC(C)=O)(C(C)=O)C(C)=O. The summed E-state index contributed by atoms with van der Waals surface area (Å²) in [6.45, 7) is 5.44. The molecule has 0 aromatic rings. The number of nitrogens with two attached hydrogens (primary N) is 1. The summed E-state index contributed by atoms with van der Waals surface area (Å²) >= 11 is 0. The van der Waals surface area contributed by atoms with Crippen molar-refractivity contribution >= 4 is 17.5 Å². The highest BCUT2D eigenvalue weighted by atomic mass is 16.6. The number of ketones is 2. The Bertz CT molecular complexity index is 560. The fourth-order valence-corrected chi connectivity index (χ4v) is 3.70. The molecule has 0 amide bonds. The maximum Gasteiger partial charge on any atom is 0.304 e. The lowest BCUT2D eigenvalue weighted by molar-refractivity contribution is -0.175. The number of Topliss-reactive ketones (excluding diaryl/α,β-unsaturated/α-hetero) is 2. The smallest absolute Gasteiger partial charge is 0.304 e. The largest absolute Gasteiger partial charge is 0.441 e. The quantitative estimate of drug-likeness (QED) is 0.129. The number of unbranched alkanes of at least 4 members (excludes halogenated alkanes) is 9. The van der Waals surface area contributed by atoms with Crippen molar-refractivity contribution in [3.63, 3.8) is 0 Å². The zero-order valence-electron chi connectivity index (χ0n) is 19.8. The van der Waals surface area contributed by atoms with Crippen LogP contribution in [0, 0.1) is 0 Å². The molecular formula is C24H43NO6. The lowest BCUT2D eigenvalue weighted by Gasteiger charge is -2.35. The molecule has 0 rings (SSSR count). The predicted octanol–water partition coefficient (Wildman–Crippen LogP) is 3.38. The van der Waals surface area contributed by atoms with Gasteiger partial charge in [0.15, 0.2) is 11.6 Å². The fraction of sp³-hybridized carbons (Fsp3) is 0.792. The van der Waals surface area contributed by atoms with Crippen LogP contribution in [0.25, 0.3) is 0 Å². The fourth-order valence-electron chi connectivity index (χ4n) is 3.70. The van der Waals surface area contributed by atoms with E-state index in [2.05, 4.69) is 6.92 Å². The van der Waals surface area contributed by atoms with Crippen molar-refractivity contribution in [1.82, 2.24) is 0 Å². The van der Waals surface area contributed by atoms with Gasteiger partial charge in [-0.2, -0.15) is 0 Å². The maximum absolute atomic E-state index is 12.1. The Morgan fingerprint density at radius 3 is 1.71 bits per heavy atom. The van der Waals surface area contributed by atoms with E-state index in [0.29, 0.717) is 6.42 Å². The van der Waals surface area contributed by atoms with Crippen LogP contribution in [0.5, 0.6) is 0 Å². The lowest BCUT2D eigenvalue weighted by atomic mass is 9.83. The van der Waals surface area contributed by atoms with Crippen molar-refractivity contribution in [2.75, 3.05) is 0 Å². The van der Waals surface area contributed by atoms with Crippen molar-refractivity contribution in [3.05, 3.63) is 12.2 Å². The van der Waals surface area contributed by atoms with Crippen LogP contribution in [0.1, 0.15) is 98.3 Å². The van der Waals surface area contributed by atoms with Crippen LogP contribution in [0.15, 0.2) is 12.2 Å². The standard InChI is InChI=1S/C24H43NO6/c1-5-6-7-8-9-10-11-12-13-14-15-21(29)16-17-22(30)23(25)24(18(2)26,19(3)27)31-20(4)28/h16-17,21-23,29-30H,5-15,25H2,1-4H3/b17-16+. The zero-order valence-corrected chi connectivity index (χ0v) is 19.8. The summed E-state index contributed by atoms with van der Waals surface area (Å²) in [5.74, 6) is -2.37. The topological polar surface area (TPSA) is 127 Å². The first-order valence-corrected chi connectivity index (χ1v) is 11.6. The number of aliphatic hydroxyl groups excluding tert-OH is 2. The number of carbonyl (C=O) groups is 3. The van der Waals surface area contributed by atoms with Gasteiger partial charge in [0.2, 0.25) is 5.60 Å². The Morgan fingerprint density at radius 1 is 0.839 bits per heavy atom. The van der Waals surface area contributed by atoms with Gasteiger partial charge in [-0.1, -0.05) is 83.3 Å². The molecule has 0 aliphatic heterocycles. The molecule has 7 heteroatoms. The molecule has 4 N–H and O–H groups in total. The third kappa shape index (κ3) is 11.0. The summed E-state index contributed by atoms with van der Waals surface area (Å²) in [5, 5.41) is 20.5. The van der Waals surface area contributed by atoms with Gasteiger partial charge in [0.1, 0.15) is 0 Å². The normalized spacial score (nSPS) is 14.9. The summed E-state index contributed by atoms with van der Waals surface area (Å²) in [5.41, 5.74) is 3.68. The Balaban J connectivity index is 4.45. The molecule has 0 heterocycles. The summed E-state index contributed by atoms with van der Waals surface area (Å²) in [4.78, 5) is 35.6. The molecule has 0 aliphatic rings. The first-order valence-electron chi connectivity index (χ1n) is 11.6. The van der Waals surface area contributed by atoms with Gasteiger partial charge in [-0.15, -0.1) is 0 Å². The van der Waals surface area contributed by atoms with E-state index in [1.807, 2.05) is 0 Å². The molecular weight excluding hydrogens is 398 g/mol. The van der Waals surface area contributed by atoms with Gasteiger partial charge < -0.3 is 20.7 Å². The highest BCUT2D eigenvalue weighted by Gasteiger charge is 2.51. The zero-order chi connectivity index (χ0) is 23.9. The van der Waals surface area contributed by atoms with E-state index in [4.69, 9.17) is 10.5 Å². The average molecular weight is 442 g/mol. The highest BCUT2D eigenvalue weighted by Crippen LogP contribution is 2.22. The van der Waals surface area contributed by atoms with Gasteiger partial charge in [-0.3, -0.25) is 14.4 Å². The molecule has 0 saturated heterocycles. The Morgan fingerprint density at radius 2 is 1.29 bits per heavy atom. The molecule has 0 fully saturated rings. The van der Waals surface area contributed by atoms with Gasteiger partial charge in [0.25, 0.3) is 0 Å². The number of hydrogen-bond donors (Lipinski definition) is 3. The van der Waals surface area contributed by atoms with E-state index in [1.54, 1.807) is 0 Å². The van der Waals surface area contributed by atoms with E-state index in [0.717, 1.165) is 40.0 Å². The highest BCUT2D eigenvalue weighted by molar-refractivity contribution is 6.10. The van der Waals surface area contributed by atoms with Gasteiger partial charge in [-0.25, -0.2) is 0 Å². The van der Waals surface area contributed by atoms with Crippen molar-refractivity contribution in [1.29, 1.82) is 0 Å². The van der Waals surface area contributed by atoms with Crippen LogP contribution in [0.3, 0.4) is 0 Å². The van der Waals surface area contributed by atoms with Crippen molar-refractivity contribution in [2.45, 2.75) is 122 Å². The molecule has 0 bridgehead atoms. The number of ether oxygens (including phenoxy) is 1. The Kier molecular flexibility index (Phi) is 15.3. The molecule has 0 spiro atoms. The number of rotatable bonds is 18. The van der Waals surface area contributed by atoms with Gasteiger partial charge in [0.05, 0.1) is 18.2 Å². The second-order valence-corrected chi connectivity index (χ2v) is 8.38. The van der Waals surface area contributed by atoms with Crippen LogP contribution >= 0.6 is 0 Å². The molecule has 0 saturated carbocycles. The van der Waals surface area contributed by atoms with E-state index in [9.17, 15) is 24.6 Å². The molecule has 0 aromatic heterocycles. The van der Waals surface area contributed by atoms with Crippen LogP contribution in [-0.2, 0) is 19.1 Å². The minimum Gasteiger partial charge on any atom is -0.441 e. The molecule has 3 atom stereocenters. The second-order valence-electron chi connectivity index (χ2n) is 8.38. The van der Waals surface area contributed by atoms with E-state index >= 15 is 0 Å². The molecule has 0 radical (unpaired) electrons. The van der Waals surface area contributed by atoms with Crippen molar-refractivity contribution < 1.29 is 29.3 Å². The van der Waals surface area contributed by atoms with Gasteiger partial charge >= 0.3 is 5.97 Å². The molecule has 180 valence electrons. The molecule has 0 aromatic carbocycles. The number of aliphatic hydroxyl groups is 2. The van der Waals surface area contributed by atoms with Crippen LogP contribution in [-0.4, -0.2) is 51.6 Å². The minimum absolute atomic E-state index is 0.545. The minimum atomic E-state index is -2.25. The molecule has 7 nitrogen and oxygen atoms in total. The Hall–Kier alpha value is -1.57. The van der Waals surface area contributed by atoms with Gasteiger partial charge in [0, 0.05) is 6.92 Å². The summed E-state index contributed by atoms with van der Waals surface area (Å²) in [6, 6.07) is -1.48. The third-order valence-electron chi connectivity index (χ3n) is 5.57. The summed E-state index contributed by atoms with van der Waals surface area (Å²) < 4.78 is 4.97. The first-order chi connectivity index (χ1) is 14.6. The molecule has 31 heavy (non-hydrogen) atoms. The van der Waals surface area contributed by atoms with E-state index in [-0.39, 0.29) is 0 Å². The average Bonchev–Trinajstić information content (AvgIpc) is 2.70. The summed E-state index contributed by atoms with van der Waals surface area (Å²) in [6.07, 6.45) is 13.0.